The molecule has 31 heavy (non-hydrogen) atoms. The fourth-order valence-corrected chi connectivity index (χ4v) is 4.15. The van der Waals surface area contributed by atoms with Gasteiger partial charge >= 0.3 is 0 Å². The molecule has 0 atom stereocenters. The van der Waals surface area contributed by atoms with E-state index in [1.807, 2.05) is 0 Å². The maximum atomic E-state index is 12.0. The molecule has 5 rings (SSSR count). The first-order chi connectivity index (χ1) is 15.3. The first kappa shape index (κ1) is 19.5. The standard InChI is InChI=1S/C24H25N5O2/c30-24(21-6-3-15-31-21)25-11-9-22-26-27-23-10-12-28(13-14-29(22)23)17-18-7-8-19-4-1-2-5-20(19)16-18/h1-8,15-16H,9-14,17H2,(H,25,30). The molecule has 7 heteroatoms. The van der Waals surface area contributed by atoms with Crippen LogP contribution in [0.3, 0.4) is 0 Å². The number of carbonyl (C=O) groups is 1. The Morgan fingerprint density at radius 3 is 2.77 bits per heavy atom. The van der Waals surface area contributed by atoms with Gasteiger partial charge in [0.1, 0.15) is 11.6 Å². The van der Waals surface area contributed by atoms with Crippen molar-refractivity contribution in [3.63, 3.8) is 0 Å². The van der Waals surface area contributed by atoms with Crippen LogP contribution in [0.2, 0.25) is 0 Å². The molecule has 0 unspecified atom stereocenters. The molecule has 0 spiro atoms. The molecule has 0 saturated carbocycles. The lowest BCUT2D eigenvalue weighted by molar-refractivity contribution is 0.0926. The lowest BCUT2D eigenvalue weighted by Gasteiger charge is -2.20. The quantitative estimate of drug-likeness (QED) is 0.524. The van der Waals surface area contributed by atoms with Crippen LogP contribution in [-0.4, -0.2) is 45.2 Å². The maximum absolute atomic E-state index is 12.0. The second kappa shape index (κ2) is 8.73. The van der Waals surface area contributed by atoms with Crippen molar-refractivity contribution in [1.29, 1.82) is 0 Å². The molecular weight excluding hydrogens is 390 g/mol. The maximum Gasteiger partial charge on any atom is 0.286 e. The van der Waals surface area contributed by atoms with Crippen LogP contribution in [0, 0.1) is 0 Å². The van der Waals surface area contributed by atoms with Crippen LogP contribution in [0.4, 0.5) is 0 Å². The van der Waals surface area contributed by atoms with Gasteiger partial charge in [-0.25, -0.2) is 0 Å². The Bertz CT molecular complexity index is 1180. The number of fused-ring (bicyclic) bond motifs is 2. The van der Waals surface area contributed by atoms with Crippen LogP contribution in [-0.2, 0) is 25.9 Å². The van der Waals surface area contributed by atoms with E-state index in [2.05, 4.69) is 67.4 Å². The predicted molar refractivity (Wildman–Crippen MR) is 118 cm³/mol. The van der Waals surface area contributed by atoms with E-state index in [-0.39, 0.29) is 5.91 Å². The van der Waals surface area contributed by atoms with Gasteiger partial charge in [0.25, 0.3) is 5.91 Å². The Kier molecular flexibility index (Phi) is 5.50. The van der Waals surface area contributed by atoms with E-state index < -0.39 is 0 Å². The van der Waals surface area contributed by atoms with Gasteiger partial charge in [0, 0.05) is 45.6 Å². The zero-order valence-electron chi connectivity index (χ0n) is 17.3. The third kappa shape index (κ3) is 4.36. The van der Waals surface area contributed by atoms with Gasteiger partial charge < -0.3 is 14.3 Å². The predicted octanol–water partition coefficient (Wildman–Crippen LogP) is 3.06. The lowest BCUT2D eigenvalue weighted by atomic mass is 10.1. The van der Waals surface area contributed by atoms with Crippen LogP contribution in [0.25, 0.3) is 10.8 Å². The van der Waals surface area contributed by atoms with E-state index in [1.165, 1.54) is 22.6 Å². The van der Waals surface area contributed by atoms with Crippen LogP contribution >= 0.6 is 0 Å². The summed E-state index contributed by atoms with van der Waals surface area (Å²) < 4.78 is 7.33. The summed E-state index contributed by atoms with van der Waals surface area (Å²) in [5.74, 6) is 2.06. The van der Waals surface area contributed by atoms with Crippen molar-refractivity contribution >= 4 is 16.7 Å². The molecule has 0 bridgehead atoms. The van der Waals surface area contributed by atoms with E-state index >= 15 is 0 Å². The summed E-state index contributed by atoms with van der Waals surface area (Å²) in [6, 6.07) is 18.5. The largest absolute Gasteiger partial charge is 0.459 e. The Morgan fingerprint density at radius 2 is 1.90 bits per heavy atom. The van der Waals surface area contributed by atoms with Crippen LogP contribution in [0.5, 0.6) is 0 Å². The van der Waals surface area contributed by atoms with E-state index in [1.54, 1.807) is 12.1 Å². The van der Waals surface area contributed by atoms with E-state index in [0.717, 1.165) is 44.2 Å². The van der Waals surface area contributed by atoms with Crippen molar-refractivity contribution in [2.45, 2.75) is 25.9 Å². The highest BCUT2D eigenvalue weighted by molar-refractivity contribution is 5.91. The molecule has 1 amide bonds. The number of aromatic nitrogens is 3. The van der Waals surface area contributed by atoms with E-state index in [9.17, 15) is 4.79 Å². The second-order valence-corrected chi connectivity index (χ2v) is 7.87. The van der Waals surface area contributed by atoms with Crippen LogP contribution in [0.15, 0.2) is 65.3 Å². The van der Waals surface area contributed by atoms with Crippen molar-refractivity contribution in [2.24, 2.45) is 0 Å². The molecule has 1 N–H and O–H groups in total. The average Bonchev–Trinajstić information content (AvgIpc) is 3.42. The molecule has 1 aliphatic rings. The van der Waals surface area contributed by atoms with Gasteiger partial charge in [-0.2, -0.15) is 0 Å². The van der Waals surface area contributed by atoms with E-state index in [4.69, 9.17) is 4.42 Å². The van der Waals surface area contributed by atoms with Gasteiger partial charge in [0.2, 0.25) is 0 Å². The number of hydrogen-bond donors (Lipinski definition) is 1. The number of nitrogens with one attached hydrogen (secondary N) is 1. The van der Waals surface area contributed by atoms with Crippen molar-refractivity contribution in [3.05, 3.63) is 83.8 Å². The molecule has 0 saturated heterocycles. The Balaban J connectivity index is 1.18. The lowest BCUT2D eigenvalue weighted by Crippen LogP contribution is -2.28. The Hall–Kier alpha value is -3.45. The Morgan fingerprint density at radius 1 is 1.00 bits per heavy atom. The van der Waals surface area contributed by atoms with Crippen molar-refractivity contribution in [1.82, 2.24) is 25.0 Å². The fraction of sp³-hybridized carbons (Fsp3) is 0.292. The summed E-state index contributed by atoms with van der Waals surface area (Å²) in [5, 5.41) is 14.2. The molecule has 1 aliphatic heterocycles. The fourth-order valence-electron chi connectivity index (χ4n) is 4.15. The third-order valence-electron chi connectivity index (χ3n) is 5.79. The molecule has 0 fully saturated rings. The van der Waals surface area contributed by atoms with Crippen molar-refractivity contribution in [2.75, 3.05) is 19.6 Å². The molecule has 2 aromatic carbocycles. The third-order valence-corrected chi connectivity index (χ3v) is 5.79. The first-order valence-electron chi connectivity index (χ1n) is 10.7. The summed E-state index contributed by atoms with van der Waals surface area (Å²) in [6.45, 7) is 4.19. The monoisotopic (exact) mass is 415 g/mol. The van der Waals surface area contributed by atoms with Crippen molar-refractivity contribution < 1.29 is 9.21 Å². The van der Waals surface area contributed by atoms with Gasteiger partial charge in [0.05, 0.1) is 6.26 Å². The minimum Gasteiger partial charge on any atom is -0.459 e. The molecule has 4 aromatic rings. The number of nitrogens with zero attached hydrogens (tertiary/aromatic N) is 4. The average molecular weight is 415 g/mol. The Labute approximate surface area is 180 Å². The SMILES string of the molecule is O=C(NCCc1nnc2n1CCN(Cc1ccc3ccccc3c1)CC2)c1ccco1. The minimum atomic E-state index is -0.206. The summed E-state index contributed by atoms with van der Waals surface area (Å²) >= 11 is 0. The highest BCUT2D eigenvalue weighted by atomic mass is 16.3. The normalized spacial score (nSPS) is 14.3. The summed E-state index contributed by atoms with van der Waals surface area (Å²) in [7, 11) is 0. The van der Waals surface area contributed by atoms with Gasteiger partial charge in [-0.05, 0) is 34.5 Å². The van der Waals surface area contributed by atoms with Gasteiger partial charge in [-0.1, -0.05) is 36.4 Å². The molecule has 2 aromatic heterocycles. The number of rotatable bonds is 6. The highest BCUT2D eigenvalue weighted by Crippen LogP contribution is 2.18. The van der Waals surface area contributed by atoms with Crippen molar-refractivity contribution in [3.8, 4) is 0 Å². The van der Waals surface area contributed by atoms with Crippen LogP contribution < -0.4 is 5.32 Å². The van der Waals surface area contributed by atoms with Crippen LogP contribution in [0.1, 0.15) is 27.8 Å². The van der Waals surface area contributed by atoms with Gasteiger partial charge in [-0.3, -0.25) is 9.69 Å². The summed E-state index contributed by atoms with van der Waals surface area (Å²) in [5.41, 5.74) is 1.33. The van der Waals surface area contributed by atoms with E-state index in [0.29, 0.717) is 18.7 Å². The summed E-state index contributed by atoms with van der Waals surface area (Å²) in [4.78, 5) is 14.5. The molecule has 0 radical (unpaired) electrons. The molecule has 0 aliphatic carbocycles. The molecule has 158 valence electrons. The topological polar surface area (TPSA) is 76.2 Å². The number of furan rings is 1. The molecule has 7 nitrogen and oxygen atoms in total. The van der Waals surface area contributed by atoms with Gasteiger partial charge in [0.15, 0.2) is 5.76 Å². The number of carbonyl (C=O) groups excluding carboxylic acids is 1. The number of benzene rings is 2. The molecule has 3 heterocycles. The second-order valence-electron chi connectivity index (χ2n) is 7.87. The number of hydrogen-bond acceptors (Lipinski definition) is 5. The number of amides is 1. The first-order valence-corrected chi connectivity index (χ1v) is 10.7. The molecular formula is C24H25N5O2. The highest BCUT2D eigenvalue weighted by Gasteiger charge is 2.19. The zero-order valence-corrected chi connectivity index (χ0v) is 17.3. The zero-order chi connectivity index (χ0) is 21.0. The minimum absolute atomic E-state index is 0.206. The summed E-state index contributed by atoms with van der Waals surface area (Å²) in [6.07, 6.45) is 3.01. The smallest absolute Gasteiger partial charge is 0.286 e. The van der Waals surface area contributed by atoms with Gasteiger partial charge in [-0.15, -0.1) is 10.2 Å².